The van der Waals surface area contributed by atoms with E-state index in [0.717, 1.165) is 5.56 Å². The van der Waals surface area contributed by atoms with Gasteiger partial charge in [0.1, 0.15) is 11.6 Å². The highest BCUT2D eigenvalue weighted by molar-refractivity contribution is 5.81. The summed E-state index contributed by atoms with van der Waals surface area (Å²) < 4.78 is 18.2. The Morgan fingerprint density at radius 2 is 1.75 bits per heavy atom. The van der Waals surface area contributed by atoms with Gasteiger partial charge in [0.05, 0.1) is 0 Å². The first-order chi connectivity index (χ1) is 9.20. The van der Waals surface area contributed by atoms with Crippen LogP contribution in [-0.4, -0.2) is 23.8 Å². The molecule has 1 amide bonds. The SMILES string of the molecule is C[C@@H](c1ccccc1)[C@H](NC(=O)OC(C)(C)C)C(=O)F. The highest BCUT2D eigenvalue weighted by atomic mass is 19.1. The molecule has 0 bridgehead atoms. The molecule has 0 saturated carbocycles. The molecule has 20 heavy (non-hydrogen) atoms. The molecule has 1 aromatic rings. The standard InChI is InChI=1S/C15H20FNO3/c1-10(11-8-6-5-7-9-11)12(13(16)18)17-14(19)20-15(2,3)4/h5-10,12H,1-4H3,(H,17,19)/t10-,12-/m0/s1. The summed E-state index contributed by atoms with van der Waals surface area (Å²) >= 11 is 0. The fourth-order valence-electron chi connectivity index (χ4n) is 1.76. The summed E-state index contributed by atoms with van der Waals surface area (Å²) in [4.78, 5) is 22.8. The molecule has 2 atom stereocenters. The first kappa shape index (κ1) is 16.1. The van der Waals surface area contributed by atoms with E-state index >= 15 is 0 Å². The lowest BCUT2D eigenvalue weighted by Crippen LogP contribution is -2.45. The number of carbonyl (C=O) groups is 2. The van der Waals surface area contributed by atoms with Gasteiger partial charge in [-0.25, -0.2) is 4.79 Å². The summed E-state index contributed by atoms with van der Waals surface area (Å²) in [7, 11) is 0. The summed E-state index contributed by atoms with van der Waals surface area (Å²) in [6, 6.07) is 6.11. The van der Waals surface area contributed by atoms with Crippen LogP contribution in [0, 0.1) is 0 Å². The second-order valence-electron chi connectivity index (χ2n) is 5.63. The Hall–Kier alpha value is -1.91. The van der Waals surface area contributed by atoms with Crippen molar-refractivity contribution >= 4 is 12.1 Å². The van der Waals surface area contributed by atoms with Crippen LogP contribution in [0.25, 0.3) is 0 Å². The average Bonchev–Trinajstić information content (AvgIpc) is 2.34. The van der Waals surface area contributed by atoms with Crippen molar-refractivity contribution < 1.29 is 18.7 Å². The summed E-state index contributed by atoms with van der Waals surface area (Å²) in [6.45, 7) is 6.76. The van der Waals surface area contributed by atoms with Gasteiger partial charge in [-0.15, -0.1) is 0 Å². The summed E-state index contributed by atoms with van der Waals surface area (Å²) in [5.74, 6) is -0.485. The van der Waals surface area contributed by atoms with Crippen LogP contribution in [0.15, 0.2) is 30.3 Å². The molecule has 0 spiro atoms. The third kappa shape index (κ3) is 4.99. The fourth-order valence-corrected chi connectivity index (χ4v) is 1.76. The van der Waals surface area contributed by atoms with Gasteiger partial charge >= 0.3 is 12.1 Å². The van der Waals surface area contributed by atoms with E-state index < -0.39 is 29.7 Å². The predicted octanol–water partition coefficient (Wildman–Crippen LogP) is 3.18. The second-order valence-corrected chi connectivity index (χ2v) is 5.63. The molecule has 0 aliphatic carbocycles. The van der Waals surface area contributed by atoms with Crippen molar-refractivity contribution in [3.63, 3.8) is 0 Å². The van der Waals surface area contributed by atoms with Gasteiger partial charge in [-0.05, 0) is 26.3 Å². The molecule has 0 unspecified atom stereocenters. The summed E-state index contributed by atoms with van der Waals surface area (Å²) in [5, 5.41) is 2.29. The maximum atomic E-state index is 13.2. The van der Waals surface area contributed by atoms with Crippen molar-refractivity contribution in [2.45, 2.75) is 45.3 Å². The van der Waals surface area contributed by atoms with Gasteiger partial charge in [-0.1, -0.05) is 37.3 Å². The minimum absolute atomic E-state index is 0.485. The number of benzene rings is 1. The first-order valence-corrected chi connectivity index (χ1v) is 6.44. The molecule has 0 aliphatic rings. The van der Waals surface area contributed by atoms with E-state index in [2.05, 4.69) is 5.32 Å². The zero-order valence-corrected chi connectivity index (χ0v) is 12.1. The Labute approximate surface area is 118 Å². The Morgan fingerprint density at radius 3 is 2.20 bits per heavy atom. The van der Waals surface area contributed by atoms with Crippen molar-refractivity contribution in [3.05, 3.63) is 35.9 Å². The third-order valence-electron chi connectivity index (χ3n) is 2.74. The number of ether oxygens (including phenoxy) is 1. The quantitative estimate of drug-likeness (QED) is 0.862. The van der Waals surface area contributed by atoms with Crippen LogP contribution in [0.2, 0.25) is 0 Å². The number of halogens is 1. The highest BCUT2D eigenvalue weighted by Gasteiger charge is 2.29. The first-order valence-electron chi connectivity index (χ1n) is 6.44. The number of carbonyl (C=O) groups excluding carboxylic acids is 2. The van der Waals surface area contributed by atoms with Gasteiger partial charge < -0.3 is 10.1 Å². The zero-order valence-electron chi connectivity index (χ0n) is 12.1. The van der Waals surface area contributed by atoms with Gasteiger partial charge in [0, 0.05) is 5.92 Å². The number of amides is 1. The molecule has 0 heterocycles. The van der Waals surface area contributed by atoms with E-state index in [9.17, 15) is 14.0 Å². The summed E-state index contributed by atoms with van der Waals surface area (Å²) in [6.07, 6.45) is -0.809. The lowest BCUT2D eigenvalue weighted by Gasteiger charge is -2.24. The van der Waals surface area contributed by atoms with Crippen LogP contribution in [0.4, 0.5) is 9.18 Å². The Morgan fingerprint density at radius 1 is 1.20 bits per heavy atom. The largest absolute Gasteiger partial charge is 0.444 e. The summed E-state index contributed by atoms with van der Waals surface area (Å²) in [5.41, 5.74) is 0.0591. The van der Waals surface area contributed by atoms with Crippen LogP contribution in [0.3, 0.4) is 0 Å². The van der Waals surface area contributed by atoms with Crippen LogP contribution in [-0.2, 0) is 9.53 Å². The molecule has 110 valence electrons. The molecule has 4 nitrogen and oxygen atoms in total. The molecule has 1 aromatic carbocycles. The molecule has 0 aliphatic heterocycles. The van der Waals surface area contributed by atoms with Crippen LogP contribution >= 0.6 is 0 Å². The number of nitrogens with one attached hydrogen (secondary N) is 1. The molecule has 1 N–H and O–H groups in total. The van der Waals surface area contributed by atoms with Crippen LogP contribution < -0.4 is 5.32 Å². The Balaban J connectivity index is 2.80. The monoisotopic (exact) mass is 281 g/mol. The number of rotatable bonds is 4. The van der Waals surface area contributed by atoms with Gasteiger partial charge in [0.25, 0.3) is 0 Å². The molecule has 0 saturated heterocycles. The normalized spacial score (nSPS) is 14.2. The molecule has 0 radical (unpaired) electrons. The Bertz CT molecular complexity index is 468. The van der Waals surface area contributed by atoms with E-state index in [-0.39, 0.29) is 0 Å². The van der Waals surface area contributed by atoms with E-state index in [1.165, 1.54) is 0 Å². The smallest absolute Gasteiger partial charge is 0.408 e. The minimum Gasteiger partial charge on any atom is -0.444 e. The number of hydrogen-bond donors (Lipinski definition) is 1. The van der Waals surface area contributed by atoms with E-state index in [0.29, 0.717) is 0 Å². The molecule has 1 rings (SSSR count). The van der Waals surface area contributed by atoms with Crippen molar-refractivity contribution in [2.24, 2.45) is 0 Å². The third-order valence-corrected chi connectivity index (χ3v) is 2.74. The van der Waals surface area contributed by atoms with Gasteiger partial charge in [-0.2, -0.15) is 4.39 Å². The lowest BCUT2D eigenvalue weighted by atomic mass is 9.94. The topological polar surface area (TPSA) is 55.4 Å². The van der Waals surface area contributed by atoms with E-state index in [1.807, 2.05) is 6.07 Å². The zero-order chi connectivity index (χ0) is 15.3. The fraction of sp³-hybridized carbons (Fsp3) is 0.467. The van der Waals surface area contributed by atoms with Gasteiger partial charge in [0.2, 0.25) is 0 Å². The van der Waals surface area contributed by atoms with E-state index in [1.54, 1.807) is 52.0 Å². The second kappa shape index (κ2) is 6.50. The van der Waals surface area contributed by atoms with Crippen molar-refractivity contribution in [3.8, 4) is 0 Å². The molecule has 5 heteroatoms. The van der Waals surface area contributed by atoms with Crippen molar-refractivity contribution in [2.75, 3.05) is 0 Å². The van der Waals surface area contributed by atoms with E-state index in [4.69, 9.17) is 4.74 Å². The molecular formula is C15H20FNO3. The maximum absolute atomic E-state index is 13.2. The molecular weight excluding hydrogens is 261 g/mol. The van der Waals surface area contributed by atoms with Gasteiger partial charge in [-0.3, -0.25) is 4.79 Å². The lowest BCUT2D eigenvalue weighted by molar-refractivity contribution is -0.132. The minimum atomic E-state index is -1.59. The number of alkyl carbamates (subject to hydrolysis) is 1. The predicted molar refractivity (Wildman–Crippen MR) is 74.1 cm³/mol. The van der Waals surface area contributed by atoms with Crippen LogP contribution in [0.1, 0.15) is 39.2 Å². The molecule has 0 fully saturated rings. The van der Waals surface area contributed by atoms with Gasteiger partial charge in [0.15, 0.2) is 0 Å². The average molecular weight is 281 g/mol. The van der Waals surface area contributed by atoms with Crippen molar-refractivity contribution in [1.82, 2.24) is 5.32 Å². The number of hydrogen-bond acceptors (Lipinski definition) is 3. The van der Waals surface area contributed by atoms with Crippen molar-refractivity contribution in [1.29, 1.82) is 0 Å². The Kier molecular flexibility index (Phi) is 5.25. The highest BCUT2D eigenvalue weighted by Crippen LogP contribution is 2.20. The maximum Gasteiger partial charge on any atom is 0.408 e. The molecule has 0 aromatic heterocycles. The van der Waals surface area contributed by atoms with Crippen LogP contribution in [0.5, 0.6) is 0 Å².